The Morgan fingerprint density at radius 2 is 1.94 bits per heavy atom. The van der Waals surface area contributed by atoms with Crippen molar-refractivity contribution in [1.82, 2.24) is 4.98 Å². The molecule has 0 bridgehead atoms. The molecule has 0 fully saturated rings. The summed E-state index contributed by atoms with van der Waals surface area (Å²) in [6, 6.07) is 21.1. The van der Waals surface area contributed by atoms with Gasteiger partial charge in [-0.1, -0.05) is 36.4 Å². The fourth-order valence-electron chi connectivity index (χ4n) is 3.17. The molecular formula is C24H19IN4O4. The zero-order chi connectivity index (χ0) is 23.2. The molecule has 0 aliphatic rings. The maximum atomic E-state index is 10.7. The van der Waals surface area contributed by atoms with Gasteiger partial charge in [0.2, 0.25) is 0 Å². The number of ether oxygens (including phenoxy) is 2. The van der Waals surface area contributed by atoms with Gasteiger partial charge in [0.1, 0.15) is 18.6 Å². The Bertz CT molecular complexity index is 1330. The number of nitrogens with one attached hydrogen (secondary N) is 1. The summed E-state index contributed by atoms with van der Waals surface area (Å²) in [4.78, 5) is 14.2. The molecule has 166 valence electrons. The second-order valence-electron chi connectivity index (χ2n) is 7.03. The highest BCUT2D eigenvalue weighted by Gasteiger charge is 2.12. The Morgan fingerprint density at radius 3 is 2.67 bits per heavy atom. The number of halogens is 1. The number of nitrogens with zero attached hydrogens (tertiary/aromatic N) is 3. The number of anilines is 1. The molecule has 1 heterocycles. The number of aromatic nitrogens is 1. The second-order valence-corrected chi connectivity index (χ2v) is 8.20. The molecule has 4 aromatic rings. The molecule has 0 atom stereocenters. The topological polar surface area (TPSA) is 98.9 Å². The molecule has 0 aliphatic carbocycles. The van der Waals surface area contributed by atoms with E-state index in [9.17, 15) is 10.1 Å². The van der Waals surface area contributed by atoms with Gasteiger partial charge < -0.3 is 9.47 Å². The van der Waals surface area contributed by atoms with Gasteiger partial charge in [0.25, 0.3) is 5.69 Å². The van der Waals surface area contributed by atoms with Gasteiger partial charge in [0, 0.05) is 6.07 Å². The van der Waals surface area contributed by atoms with Crippen LogP contribution in [-0.4, -0.2) is 23.2 Å². The molecule has 0 aliphatic heterocycles. The summed E-state index contributed by atoms with van der Waals surface area (Å²) in [5.41, 5.74) is 4.53. The van der Waals surface area contributed by atoms with Crippen LogP contribution in [0.1, 0.15) is 11.1 Å². The molecule has 3 aromatic carbocycles. The van der Waals surface area contributed by atoms with Gasteiger partial charge in [-0.3, -0.25) is 15.5 Å². The summed E-state index contributed by atoms with van der Waals surface area (Å²) in [7, 11) is 1.59. The summed E-state index contributed by atoms with van der Waals surface area (Å²) in [5.74, 6) is 1.65. The summed E-state index contributed by atoms with van der Waals surface area (Å²) < 4.78 is 12.5. The van der Waals surface area contributed by atoms with Crippen LogP contribution < -0.4 is 14.9 Å². The zero-order valence-electron chi connectivity index (χ0n) is 17.6. The van der Waals surface area contributed by atoms with Gasteiger partial charge >= 0.3 is 0 Å². The van der Waals surface area contributed by atoms with Crippen LogP contribution in [0.25, 0.3) is 10.8 Å². The third-order valence-corrected chi connectivity index (χ3v) is 5.60. The number of hydrogen-bond acceptors (Lipinski definition) is 7. The largest absolute Gasteiger partial charge is 0.493 e. The van der Waals surface area contributed by atoms with Crippen molar-refractivity contribution in [2.24, 2.45) is 5.10 Å². The Balaban J connectivity index is 1.45. The van der Waals surface area contributed by atoms with E-state index in [0.29, 0.717) is 23.9 Å². The number of methoxy groups -OCH3 is 1. The van der Waals surface area contributed by atoms with E-state index >= 15 is 0 Å². The van der Waals surface area contributed by atoms with Crippen LogP contribution in [0.2, 0.25) is 0 Å². The van der Waals surface area contributed by atoms with Gasteiger partial charge in [-0.05, 0) is 68.8 Å². The van der Waals surface area contributed by atoms with Crippen molar-refractivity contribution in [3.63, 3.8) is 0 Å². The highest BCUT2D eigenvalue weighted by molar-refractivity contribution is 14.1. The lowest BCUT2D eigenvalue weighted by molar-refractivity contribution is -0.385. The van der Waals surface area contributed by atoms with Crippen LogP contribution in [0.4, 0.5) is 11.5 Å². The summed E-state index contributed by atoms with van der Waals surface area (Å²) in [6.45, 7) is 0.415. The van der Waals surface area contributed by atoms with Gasteiger partial charge in [-0.15, -0.1) is 0 Å². The molecule has 8 nitrogen and oxygen atoms in total. The number of fused-ring (bicyclic) bond motifs is 1. The lowest BCUT2D eigenvalue weighted by Crippen LogP contribution is -2.01. The molecule has 0 spiro atoms. The maximum absolute atomic E-state index is 10.7. The van der Waals surface area contributed by atoms with Crippen LogP contribution in [0.5, 0.6) is 11.5 Å². The van der Waals surface area contributed by atoms with E-state index in [2.05, 4.69) is 68.4 Å². The molecule has 33 heavy (non-hydrogen) atoms. The quantitative estimate of drug-likeness (QED) is 0.128. The molecule has 4 rings (SSSR count). The zero-order valence-corrected chi connectivity index (χ0v) is 19.7. The number of hydrogen-bond donors (Lipinski definition) is 1. The molecule has 1 aromatic heterocycles. The number of hydrazone groups is 1. The van der Waals surface area contributed by atoms with Gasteiger partial charge in [-0.25, -0.2) is 4.98 Å². The van der Waals surface area contributed by atoms with Crippen molar-refractivity contribution in [2.75, 3.05) is 12.5 Å². The van der Waals surface area contributed by atoms with E-state index in [-0.39, 0.29) is 5.69 Å². The van der Waals surface area contributed by atoms with Crippen molar-refractivity contribution in [1.29, 1.82) is 0 Å². The minimum absolute atomic E-state index is 0.0805. The van der Waals surface area contributed by atoms with E-state index in [1.165, 1.54) is 29.1 Å². The SMILES string of the molecule is COc1cc(/C=N/Nc2ccc([N+](=O)[O-])cn2)cc(I)c1OCc1ccc2ccccc2c1. The molecule has 1 N–H and O–H groups in total. The first kappa shape index (κ1) is 22.5. The molecular weight excluding hydrogens is 535 g/mol. The van der Waals surface area contributed by atoms with Crippen molar-refractivity contribution in [2.45, 2.75) is 6.61 Å². The molecule has 0 saturated carbocycles. The van der Waals surface area contributed by atoms with Gasteiger partial charge in [-0.2, -0.15) is 5.10 Å². The fourth-order valence-corrected chi connectivity index (χ4v) is 3.95. The predicted molar refractivity (Wildman–Crippen MR) is 136 cm³/mol. The van der Waals surface area contributed by atoms with Crippen LogP contribution in [0.15, 0.2) is 78.0 Å². The maximum Gasteiger partial charge on any atom is 0.287 e. The average Bonchev–Trinajstić information content (AvgIpc) is 2.83. The molecule has 9 heteroatoms. The Morgan fingerprint density at radius 1 is 1.12 bits per heavy atom. The minimum atomic E-state index is -0.502. The Labute approximate surface area is 203 Å². The minimum Gasteiger partial charge on any atom is -0.493 e. The highest BCUT2D eigenvalue weighted by atomic mass is 127. The number of nitro groups is 1. The normalized spacial score (nSPS) is 11.0. The summed E-state index contributed by atoms with van der Waals surface area (Å²) in [5, 5.41) is 17.2. The highest BCUT2D eigenvalue weighted by Crippen LogP contribution is 2.34. The number of pyridine rings is 1. The predicted octanol–water partition coefficient (Wildman–Crippen LogP) is 5.78. The smallest absolute Gasteiger partial charge is 0.287 e. The second kappa shape index (κ2) is 10.3. The van der Waals surface area contributed by atoms with Crippen LogP contribution >= 0.6 is 22.6 Å². The lowest BCUT2D eigenvalue weighted by atomic mass is 10.1. The first-order chi connectivity index (χ1) is 16.0. The van der Waals surface area contributed by atoms with Crippen LogP contribution in [0, 0.1) is 13.7 Å². The first-order valence-electron chi connectivity index (χ1n) is 9.91. The molecule has 0 radical (unpaired) electrons. The summed E-state index contributed by atoms with van der Waals surface area (Å²) >= 11 is 2.20. The van der Waals surface area contributed by atoms with Gasteiger partial charge in [0.15, 0.2) is 11.5 Å². The van der Waals surface area contributed by atoms with E-state index < -0.39 is 4.92 Å². The van der Waals surface area contributed by atoms with E-state index in [1.54, 1.807) is 13.3 Å². The molecule has 0 unspecified atom stereocenters. The summed E-state index contributed by atoms with van der Waals surface area (Å²) in [6.07, 6.45) is 2.78. The first-order valence-corrected chi connectivity index (χ1v) is 11.0. The number of benzene rings is 3. The van der Waals surface area contributed by atoms with Crippen LogP contribution in [0.3, 0.4) is 0 Å². The van der Waals surface area contributed by atoms with Crippen LogP contribution in [-0.2, 0) is 6.61 Å². The van der Waals surface area contributed by atoms with Crippen molar-refractivity contribution in [3.8, 4) is 11.5 Å². The third kappa shape index (κ3) is 5.55. The van der Waals surface area contributed by atoms with E-state index in [0.717, 1.165) is 14.7 Å². The average molecular weight is 554 g/mol. The van der Waals surface area contributed by atoms with Gasteiger partial charge in [0.05, 0.1) is 21.8 Å². The van der Waals surface area contributed by atoms with E-state index in [1.807, 2.05) is 24.3 Å². The standard InChI is InChI=1S/C24H19IN4O4/c1-32-22-12-17(13-27-28-23-9-8-20(14-26-23)29(30)31)11-21(25)24(22)33-15-16-6-7-18-4-2-3-5-19(18)10-16/h2-14H,15H2,1H3,(H,26,28)/b27-13+. The molecule has 0 amide bonds. The fraction of sp³-hybridized carbons (Fsp3) is 0.0833. The van der Waals surface area contributed by atoms with Crippen molar-refractivity contribution >= 4 is 51.1 Å². The van der Waals surface area contributed by atoms with Crippen molar-refractivity contribution in [3.05, 3.63) is 97.7 Å². The Hall–Kier alpha value is -3.73. The number of rotatable bonds is 8. The van der Waals surface area contributed by atoms with E-state index in [4.69, 9.17) is 9.47 Å². The Kier molecular flexibility index (Phi) is 6.98. The third-order valence-electron chi connectivity index (χ3n) is 4.80. The monoisotopic (exact) mass is 554 g/mol. The van der Waals surface area contributed by atoms with Crippen molar-refractivity contribution < 1.29 is 14.4 Å². The lowest BCUT2D eigenvalue weighted by Gasteiger charge is -2.14. The molecule has 0 saturated heterocycles.